The predicted octanol–water partition coefficient (Wildman–Crippen LogP) is 1.35. The molecule has 0 atom stereocenters. The molecule has 3 rings (SSSR count). The van der Waals surface area contributed by atoms with Crippen LogP contribution in [-0.4, -0.2) is 20.6 Å². The number of aryl methyl sites for hydroxylation is 3. The molecule has 1 aliphatic rings. The van der Waals surface area contributed by atoms with Gasteiger partial charge in [-0.25, -0.2) is 9.67 Å². The van der Waals surface area contributed by atoms with E-state index in [1.807, 2.05) is 25.3 Å². The molecule has 2 aromatic heterocycles. The quantitative estimate of drug-likeness (QED) is 0.615. The van der Waals surface area contributed by atoms with Gasteiger partial charge in [0, 0.05) is 11.9 Å². The molecule has 92 valence electrons. The van der Waals surface area contributed by atoms with E-state index in [-0.39, 0.29) is 5.84 Å². The van der Waals surface area contributed by atoms with Gasteiger partial charge < -0.3 is 5.73 Å². The summed E-state index contributed by atoms with van der Waals surface area (Å²) < 4.78 is 1.70. The highest BCUT2D eigenvalue weighted by atomic mass is 15.3. The summed E-state index contributed by atoms with van der Waals surface area (Å²) in [4.78, 5) is 4.64. The van der Waals surface area contributed by atoms with Crippen molar-refractivity contribution >= 4 is 5.84 Å². The Labute approximate surface area is 105 Å². The van der Waals surface area contributed by atoms with Gasteiger partial charge in [-0.15, -0.1) is 0 Å². The van der Waals surface area contributed by atoms with Gasteiger partial charge in [-0.3, -0.25) is 5.41 Å². The van der Waals surface area contributed by atoms with E-state index < -0.39 is 0 Å². The fourth-order valence-corrected chi connectivity index (χ4v) is 2.37. The van der Waals surface area contributed by atoms with Crippen molar-refractivity contribution < 1.29 is 0 Å². The van der Waals surface area contributed by atoms with Crippen LogP contribution in [0.15, 0.2) is 18.3 Å². The molecule has 0 spiro atoms. The highest BCUT2D eigenvalue weighted by Crippen LogP contribution is 2.24. The summed E-state index contributed by atoms with van der Waals surface area (Å²) in [6.07, 6.45) is 5.01. The largest absolute Gasteiger partial charge is 0.384 e. The molecular formula is C13H15N5. The third kappa shape index (κ3) is 1.68. The minimum atomic E-state index is 0.0420. The summed E-state index contributed by atoms with van der Waals surface area (Å²) in [7, 11) is 0. The van der Waals surface area contributed by atoms with E-state index in [2.05, 4.69) is 10.1 Å². The van der Waals surface area contributed by atoms with Crippen molar-refractivity contribution in [2.45, 2.75) is 26.2 Å². The zero-order valence-corrected chi connectivity index (χ0v) is 10.3. The minimum Gasteiger partial charge on any atom is -0.384 e. The summed E-state index contributed by atoms with van der Waals surface area (Å²) in [5, 5.41) is 12.0. The van der Waals surface area contributed by atoms with E-state index in [1.165, 1.54) is 5.56 Å². The molecule has 2 aromatic rings. The number of fused-ring (bicyclic) bond motifs is 1. The Morgan fingerprint density at radius 1 is 1.44 bits per heavy atom. The number of nitrogens with zero attached hydrogens (tertiary/aromatic N) is 3. The van der Waals surface area contributed by atoms with Crippen LogP contribution in [0.4, 0.5) is 0 Å². The number of amidine groups is 1. The second kappa shape index (κ2) is 3.94. The van der Waals surface area contributed by atoms with Crippen LogP contribution in [0.5, 0.6) is 0 Å². The molecule has 5 heteroatoms. The van der Waals surface area contributed by atoms with Crippen molar-refractivity contribution in [3.05, 3.63) is 40.8 Å². The summed E-state index contributed by atoms with van der Waals surface area (Å²) >= 11 is 0. The fourth-order valence-electron chi connectivity index (χ4n) is 2.37. The lowest BCUT2D eigenvalue weighted by molar-refractivity contribution is 0.817. The van der Waals surface area contributed by atoms with Crippen LogP contribution in [0, 0.1) is 12.3 Å². The number of rotatable bonds is 2. The standard InChI is InChI=1S/C13H15N5/c1-8-5-6-18(17-8)13-10(12(14)15)7-9-3-2-4-11(9)16-13/h5-7H,2-4H2,1H3,(H3,14,15). The maximum absolute atomic E-state index is 7.69. The second-order valence-corrected chi connectivity index (χ2v) is 4.63. The van der Waals surface area contributed by atoms with Crippen molar-refractivity contribution in [2.24, 2.45) is 5.73 Å². The molecule has 0 aliphatic heterocycles. The first-order valence-corrected chi connectivity index (χ1v) is 6.05. The molecule has 0 saturated carbocycles. The molecular weight excluding hydrogens is 226 g/mol. The number of pyridine rings is 1. The van der Waals surface area contributed by atoms with Crippen molar-refractivity contribution in [1.29, 1.82) is 5.41 Å². The third-order valence-corrected chi connectivity index (χ3v) is 3.26. The van der Waals surface area contributed by atoms with Crippen molar-refractivity contribution in [2.75, 3.05) is 0 Å². The van der Waals surface area contributed by atoms with Crippen LogP contribution in [0.3, 0.4) is 0 Å². The molecule has 1 aliphatic carbocycles. The molecule has 0 amide bonds. The van der Waals surface area contributed by atoms with Gasteiger partial charge in [0.05, 0.1) is 11.3 Å². The van der Waals surface area contributed by atoms with E-state index >= 15 is 0 Å². The lowest BCUT2D eigenvalue weighted by Gasteiger charge is -2.10. The van der Waals surface area contributed by atoms with E-state index in [1.54, 1.807) is 4.68 Å². The topological polar surface area (TPSA) is 80.6 Å². The first-order valence-electron chi connectivity index (χ1n) is 6.05. The van der Waals surface area contributed by atoms with Gasteiger partial charge in [0.2, 0.25) is 0 Å². The van der Waals surface area contributed by atoms with E-state index in [0.717, 1.165) is 30.7 Å². The first kappa shape index (κ1) is 11.0. The number of hydrogen-bond donors (Lipinski definition) is 2. The monoisotopic (exact) mass is 241 g/mol. The molecule has 18 heavy (non-hydrogen) atoms. The van der Waals surface area contributed by atoms with Crippen molar-refractivity contribution in [3.8, 4) is 5.82 Å². The Bertz CT molecular complexity index is 626. The average Bonchev–Trinajstić information content (AvgIpc) is 2.94. The summed E-state index contributed by atoms with van der Waals surface area (Å²) in [5.41, 5.74) is 9.57. The van der Waals surface area contributed by atoms with Gasteiger partial charge in [-0.1, -0.05) is 0 Å². The van der Waals surface area contributed by atoms with Crippen LogP contribution in [0.2, 0.25) is 0 Å². The van der Waals surface area contributed by atoms with Crippen LogP contribution in [0.25, 0.3) is 5.82 Å². The van der Waals surface area contributed by atoms with Crippen LogP contribution < -0.4 is 5.73 Å². The lowest BCUT2D eigenvalue weighted by Crippen LogP contribution is -2.17. The van der Waals surface area contributed by atoms with Crippen LogP contribution in [-0.2, 0) is 12.8 Å². The molecule has 2 heterocycles. The Hall–Kier alpha value is -2.17. The summed E-state index contributed by atoms with van der Waals surface area (Å²) in [5.74, 6) is 0.705. The van der Waals surface area contributed by atoms with Gasteiger partial charge in [-0.2, -0.15) is 5.10 Å². The normalized spacial score (nSPS) is 13.6. The van der Waals surface area contributed by atoms with Gasteiger partial charge >= 0.3 is 0 Å². The molecule has 0 aromatic carbocycles. The third-order valence-electron chi connectivity index (χ3n) is 3.26. The molecule has 0 saturated heterocycles. The lowest BCUT2D eigenvalue weighted by atomic mass is 10.1. The molecule has 0 fully saturated rings. The average molecular weight is 241 g/mol. The molecule has 5 nitrogen and oxygen atoms in total. The molecule has 0 bridgehead atoms. The Morgan fingerprint density at radius 3 is 2.94 bits per heavy atom. The first-order chi connectivity index (χ1) is 8.65. The fraction of sp³-hybridized carbons (Fsp3) is 0.308. The van der Waals surface area contributed by atoms with E-state index in [9.17, 15) is 0 Å². The van der Waals surface area contributed by atoms with Gasteiger partial charge in [0.1, 0.15) is 5.84 Å². The number of hydrogen-bond acceptors (Lipinski definition) is 3. The van der Waals surface area contributed by atoms with Crippen molar-refractivity contribution in [1.82, 2.24) is 14.8 Å². The maximum Gasteiger partial charge on any atom is 0.164 e. The zero-order valence-electron chi connectivity index (χ0n) is 10.3. The van der Waals surface area contributed by atoms with Crippen LogP contribution in [0.1, 0.15) is 28.9 Å². The minimum absolute atomic E-state index is 0.0420. The van der Waals surface area contributed by atoms with E-state index in [0.29, 0.717) is 11.4 Å². The van der Waals surface area contributed by atoms with Gasteiger partial charge in [-0.05, 0) is 43.9 Å². The second-order valence-electron chi connectivity index (χ2n) is 4.63. The number of nitrogens with one attached hydrogen (secondary N) is 1. The maximum atomic E-state index is 7.69. The predicted molar refractivity (Wildman–Crippen MR) is 69.1 cm³/mol. The summed E-state index contributed by atoms with van der Waals surface area (Å²) in [6.45, 7) is 1.93. The molecule has 0 unspecified atom stereocenters. The highest BCUT2D eigenvalue weighted by molar-refractivity contribution is 5.98. The Kier molecular flexibility index (Phi) is 2.40. The molecule has 3 N–H and O–H groups in total. The number of nitrogen functional groups attached to an aromatic ring is 1. The number of aromatic nitrogens is 3. The van der Waals surface area contributed by atoms with Gasteiger partial charge in [0.25, 0.3) is 0 Å². The summed E-state index contributed by atoms with van der Waals surface area (Å²) in [6, 6.07) is 3.91. The van der Waals surface area contributed by atoms with Gasteiger partial charge in [0.15, 0.2) is 5.82 Å². The molecule has 0 radical (unpaired) electrons. The zero-order chi connectivity index (χ0) is 12.7. The van der Waals surface area contributed by atoms with Crippen molar-refractivity contribution in [3.63, 3.8) is 0 Å². The smallest absolute Gasteiger partial charge is 0.164 e. The van der Waals surface area contributed by atoms with Crippen LogP contribution >= 0.6 is 0 Å². The Balaban J connectivity index is 2.21. The van der Waals surface area contributed by atoms with E-state index in [4.69, 9.17) is 11.1 Å². The SMILES string of the molecule is Cc1ccn(-c2nc3c(cc2C(=N)N)CCC3)n1. The highest BCUT2D eigenvalue weighted by Gasteiger charge is 2.18. The Morgan fingerprint density at radius 2 is 2.28 bits per heavy atom. The number of nitrogens with two attached hydrogens (primary N) is 1.